The van der Waals surface area contributed by atoms with Gasteiger partial charge in [-0.3, -0.25) is 14.5 Å². The molecule has 0 saturated carbocycles. The van der Waals surface area contributed by atoms with Crippen molar-refractivity contribution in [2.45, 2.75) is 32.9 Å². The molecule has 0 spiro atoms. The third-order valence-corrected chi connectivity index (χ3v) is 7.86. The standard InChI is InChI=1S/C25H21I2NO3S/c1-3-15(2)28-24(29)22(32-25(28)30)13-17-11-20(26)23(21(27)12-17)31-14-16-8-9-18-6-4-5-7-19(18)10-16/h4-13,15H,3,14H2,1-2H3/b22-13+/t15-/m1/s1. The fourth-order valence-electron chi connectivity index (χ4n) is 3.48. The first-order valence-corrected chi connectivity index (χ1v) is 13.2. The molecule has 1 heterocycles. The maximum Gasteiger partial charge on any atom is 0.293 e. The molecule has 0 unspecified atom stereocenters. The van der Waals surface area contributed by atoms with Crippen molar-refractivity contribution in [2.75, 3.05) is 0 Å². The smallest absolute Gasteiger partial charge is 0.293 e. The van der Waals surface area contributed by atoms with Gasteiger partial charge in [0.15, 0.2) is 0 Å². The van der Waals surface area contributed by atoms with Crippen LogP contribution in [0.15, 0.2) is 59.5 Å². The first-order valence-electron chi connectivity index (χ1n) is 10.2. The maximum atomic E-state index is 12.7. The average molecular weight is 669 g/mol. The van der Waals surface area contributed by atoms with Crippen LogP contribution in [-0.4, -0.2) is 22.1 Å². The Morgan fingerprint density at radius 2 is 1.72 bits per heavy atom. The Labute approximate surface area is 219 Å². The lowest BCUT2D eigenvalue weighted by Crippen LogP contribution is -2.36. The molecule has 2 amide bonds. The molecule has 0 radical (unpaired) electrons. The van der Waals surface area contributed by atoms with Crippen LogP contribution in [0.1, 0.15) is 31.4 Å². The highest BCUT2D eigenvalue weighted by Gasteiger charge is 2.37. The number of fused-ring (bicyclic) bond motifs is 1. The molecule has 1 fully saturated rings. The largest absolute Gasteiger partial charge is 0.487 e. The van der Waals surface area contributed by atoms with Crippen LogP contribution < -0.4 is 4.74 Å². The number of hydrogen-bond acceptors (Lipinski definition) is 4. The molecule has 32 heavy (non-hydrogen) atoms. The molecule has 1 aliphatic heterocycles. The van der Waals surface area contributed by atoms with Crippen molar-refractivity contribution >= 4 is 84.9 Å². The molecular formula is C25H21I2NO3S. The number of benzene rings is 3. The molecule has 0 aromatic heterocycles. The SMILES string of the molecule is CC[C@@H](C)N1C(=O)S/C(=C/c2cc(I)c(OCc3ccc4ccccc4c3)c(I)c2)C1=O. The maximum absolute atomic E-state index is 12.7. The van der Waals surface area contributed by atoms with E-state index in [0.29, 0.717) is 11.5 Å². The van der Waals surface area contributed by atoms with E-state index in [1.54, 1.807) is 6.08 Å². The summed E-state index contributed by atoms with van der Waals surface area (Å²) in [7, 11) is 0. The first kappa shape index (κ1) is 23.6. The number of rotatable bonds is 6. The molecule has 0 N–H and O–H groups in total. The van der Waals surface area contributed by atoms with Gasteiger partial charge in [-0.1, -0.05) is 43.3 Å². The molecule has 1 saturated heterocycles. The van der Waals surface area contributed by atoms with Crippen molar-refractivity contribution in [1.29, 1.82) is 0 Å². The zero-order chi connectivity index (χ0) is 22.8. The van der Waals surface area contributed by atoms with E-state index in [9.17, 15) is 9.59 Å². The fraction of sp³-hybridized carbons (Fsp3) is 0.200. The summed E-state index contributed by atoms with van der Waals surface area (Å²) < 4.78 is 8.08. The van der Waals surface area contributed by atoms with E-state index in [4.69, 9.17) is 4.74 Å². The van der Waals surface area contributed by atoms with Gasteiger partial charge in [0.05, 0.1) is 12.0 Å². The van der Waals surface area contributed by atoms with E-state index in [1.807, 2.05) is 38.1 Å². The summed E-state index contributed by atoms with van der Waals surface area (Å²) in [5.41, 5.74) is 1.99. The Morgan fingerprint density at radius 3 is 2.41 bits per heavy atom. The molecule has 1 atom stereocenters. The lowest BCUT2D eigenvalue weighted by atomic mass is 10.1. The van der Waals surface area contributed by atoms with Crippen LogP contribution >= 0.6 is 56.9 Å². The van der Waals surface area contributed by atoms with E-state index in [1.165, 1.54) is 15.7 Å². The minimum absolute atomic E-state index is 0.0976. The third-order valence-electron chi connectivity index (χ3n) is 5.37. The van der Waals surface area contributed by atoms with Crippen LogP contribution in [-0.2, 0) is 11.4 Å². The monoisotopic (exact) mass is 669 g/mol. The highest BCUT2D eigenvalue weighted by atomic mass is 127. The second-order valence-corrected chi connectivity index (χ2v) is 10.9. The van der Waals surface area contributed by atoms with E-state index in [-0.39, 0.29) is 17.2 Å². The third kappa shape index (κ3) is 4.99. The summed E-state index contributed by atoms with van der Waals surface area (Å²) in [6.07, 6.45) is 2.54. The molecule has 3 aromatic rings. The lowest BCUT2D eigenvalue weighted by Gasteiger charge is -2.19. The van der Waals surface area contributed by atoms with E-state index < -0.39 is 0 Å². The Kier molecular flexibility index (Phi) is 7.46. The molecule has 4 rings (SSSR count). The van der Waals surface area contributed by atoms with Crippen molar-refractivity contribution in [3.05, 3.63) is 77.8 Å². The average Bonchev–Trinajstić information content (AvgIpc) is 3.05. The number of carbonyl (C=O) groups is 2. The van der Waals surface area contributed by atoms with Crippen LogP contribution in [0.2, 0.25) is 0 Å². The fourth-order valence-corrected chi connectivity index (χ4v) is 6.54. The zero-order valence-electron chi connectivity index (χ0n) is 17.6. The molecule has 1 aliphatic rings. The Morgan fingerprint density at radius 1 is 1.03 bits per heavy atom. The van der Waals surface area contributed by atoms with Crippen LogP contribution in [0.5, 0.6) is 5.75 Å². The lowest BCUT2D eigenvalue weighted by molar-refractivity contribution is -0.124. The second kappa shape index (κ2) is 10.1. The number of halogens is 2. The van der Waals surface area contributed by atoms with E-state index in [0.717, 1.165) is 42.2 Å². The highest BCUT2D eigenvalue weighted by Crippen LogP contribution is 2.36. The van der Waals surface area contributed by atoms with Crippen molar-refractivity contribution in [3.8, 4) is 5.75 Å². The van der Waals surface area contributed by atoms with E-state index >= 15 is 0 Å². The minimum atomic E-state index is -0.212. The van der Waals surface area contributed by atoms with Crippen molar-refractivity contribution in [1.82, 2.24) is 4.90 Å². The minimum Gasteiger partial charge on any atom is -0.487 e. The number of ether oxygens (including phenoxy) is 1. The number of carbonyl (C=O) groups excluding carboxylic acids is 2. The second-order valence-electron chi connectivity index (χ2n) is 7.59. The number of imide groups is 1. The van der Waals surface area contributed by atoms with Gasteiger partial charge in [-0.05, 0) is 116 Å². The van der Waals surface area contributed by atoms with Gasteiger partial charge >= 0.3 is 0 Å². The molecular weight excluding hydrogens is 648 g/mol. The van der Waals surface area contributed by atoms with Gasteiger partial charge in [0.2, 0.25) is 0 Å². The number of hydrogen-bond donors (Lipinski definition) is 0. The van der Waals surface area contributed by atoms with Gasteiger partial charge in [-0.2, -0.15) is 0 Å². The van der Waals surface area contributed by atoms with Gasteiger partial charge in [-0.15, -0.1) is 0 Å². The van der Waals surface area contributed by atoms with Crippen molar-refractivity contribution in [3.63, 3.8) is 0 Å². The molecule has 4 nitrogen and oxygen atoms in total. The molecule has 7 heteroatoms. The number of amides is 2. The predicted molar refractivity (Wildman–Crippen MR) is 148 cm³/mol. The van der Waals surface area contributed by atoms with Crippen LogP contribution in [0, 0.1) is 7.14 Å². The molecule has 0 aliphatic carbocycles. The van der Waals surface area contributed by atoms with Gasteiger partial charge in [0.1, 0.15) is 12.4 Å². The van der Waals surface area contributed by atoms with Crippen LogP contribution in [0.4, 0.5) is 4.79 Å². The Balaban J connectivity index is 1.52. The molecule has 0 bridgehead atoms. The topological polar surface area (TPSA) is 46.6 Å². The predicted octanol–water partition coefficient (Wildman–Crippen LogP) is 7.46. The summed E-state index contributed by atoms with van der Waals surface area (Å²) in [6, 6.07) is 18.5. The Bertz CT molecular complexity index is 1220. The quantitative estimate of drug-likeness (QED) is 0.202. The normalized spacial score (nSPS) is 16.2. The number of nitrogens with zero attached hydrogens (tertiary/aromatic N) is 1. The first-order chi connectivity index (χ1) is 15.4. The zero-order valence-corrected chi connectivity index (χ0v) is 22.7. The van der Waals surface area contributed by atoms with Crippen LogP contribution in [0.3, 0.4) is 0 Å². The number of thioether (sulfide) groups is 1. The van der Waals surface area contributed by atoms with E-state index in [2.05, 4.69) is 75.5 Å². The highest BCUT2D eigenvalue weighted by molar-refractivity contribution is 14.1. The summed E-state index contributed by atoms with van der Waals surface area (Å²) >= 11 is 5.52. The van der Waals surface area contributed by atoms with Gasteiger partial charge in [0.25, 0.3) is 11.1 Å². The summed E-state index contributed by atoms with van der Waals surface area (Å²) in [6.45, 7) is 4.34. The van der Waals surface area contributed by atoms with Gasteiger partial charge < -0.3 is 4.74 Å². The van der Waals surface area contributed by atoms with Gasteiger partial charge in [0, 0.05) is 6.04 Å². The summed E-state index contributed by atoms with van der Waals surface area (Å²) in [5.74, 6) is 0.611. The molecule has 3 aromatic carbocycles. The Hall–Kier alpha value is -1.59. The van der Waals surface area contributed by atoms with Crippen molar-refractivity contribution < 1.29 is 14.3 Å². The summed E-state index contributed by atoms with van der Waals surface area (Å²) in [4.78, 5) is 26.8. The van der Waals surface area contributed by atoms with Crippen LogP contribution in [0.25, 0.3) is 16.8 Å². The van der Waals surface area contributed by atoms with Gasteiger partial charge in [-0.25, -0.2) is 0 Å². The molecule has 164 valence electrons. The summed E-state index contributed by atoms with van der Waals surface area (Å²) in [5, 5.41) is 2.21. The van der Waals surface area contributed by atoms with Crippen molar-refractivity contribution in [2.24, 2.45) is 0 Å².